The number of carbonyl (C=O) groups excluding carboxylic acids is 2. The van der Waals surface area contributed by atoms with Crippen LogP contribution in [0.5, 0.6) is 0 Å². The summed E-state index contributed by atoms with van der Waals surface area (Å²) in [5.74, 6) is -1.65. The van der Waals surface area contributed by atoms with E-state index in [9.17, 15) is 19.8 Å². The van der Waals surface area contributed by atoms with E-state index < -0.39 is 18.1 Å². The van der Waals surface area contributed by atoms with Gasteiger partial charge in [-0.05, 0) is 29.6 Å². The predicted molar refractivity (Wildman–Crippen MR) is 138 cm³/mol. The normalized spacial score (nSPS) is 25.0. The minimum absolute atomic E-state index is 0.0184. The maximum Gasteiger partial charge on any atom is 0.180 e. The van der Waals surface area contributed by atoms with E-state index in [1.165, 1.54) is 0 Å². The first-order valence-corrected chi connectivity index (χ1v) is 12.4. The molecule has 36 heavy (non-hydrogen) atoms. The number of rotatable bonds is 4. The van der Waals surface area contributed by atoms with E-state index in [1.54, 1.807) is 24.3 Å². The van der Waals surface area contributed by atoms with Gasteiger partial charge in [-0.15, -0.1) is 0 Å². The Morgan fingerprint density at radius 2 is 1.56 bits per heavy atom. The molecular weight excluding hydrogens is 450 g/mol. The Hall–Kier alpha value is -3.80. The monoisotopic (exact) mass is 477 g/mol. The average molecular weight is 478 g/mol. The van der Waals surface area contributed by atoms with Crippen molar-refractivity contribution >= 4 is 11.6 Å². The molecule has 3 unspecified atom stereocenters. The van der Waals surface area contributed by atoms with Crippen LogP contribution >= 0.6 is 0 Å². The van der Waals surface area contributed by atoms with Gasteiger partial charge in [0.05, 0.1) is 5.69 Å². The topological polar surface area (TPSA) is 90.4 Å². The molecular formula is C31H27NO4. The van der Waals surface area contributed by atoms with Gasteiger partial charge in [0.15, 0.2) is 11.6 Å². The Labute approximate surface area is 209 Å². The lowest BCUT2D eigenvalue weighted by Crippen LogP contribution is -2.16. The van der Waals surface area contributed by atoms with Gasteiger partial charge in [0, 0.05) is 33.9 Å². The number of benzene rings is 2. The summed E-state index contributed by atoms with van der Waals surface area (Å²) in [7, 11) is 0. The van der Waals surface area contributed by atoms with Gasteiger partial charge in [0.25, 0.3) is 0 Å². The first-order valence-electron chi connectivity index (χ1n) is 12.4. The smallest absolute Gasteiger partial charge is 0.180 e. The van der Waals surface area contributed by atoms with Gasteiger partial charge in [-0.2, -0.15) is 0 Å². The van der Waals surface area contributed by atoms with Crippen molar-refractivity contribution in [2.24, 2.45) is 5.92 Å². The van der Waals surface area contributed by atoms with Gasteiger partial charge < -0.3 is 15.2 Å². The Morgan fingerprint density at radius 3 is 2.19 bits per heavy atom. The van der Waals surface area contributed by atoms with Crippen LogP contribution in [-0.2, 0) is 0 Å². The Bertz CT molecular complexity index is 1450. The Kier molecular flexibility index (Phi) is 5.29. The summed E-state index contributed by atoms with van der Waals surface area (Å²) in [4.78, 5) is 30.2. The number of fused-ring (bicyclic) bond motifs is 2. The van der Waals surface area contributed by atoms with Crippen molar-refractivity contribution in [3.63, 3.8) is 0 Å². The maximum atomic E-state index is 13.4. The summed E-state index contributed by atoms with van der Waals surface area (Å²) in [5.41, 5.74) is 5.96. The summed E-state index contributed by atoms with van der Waals surface area (Å²) in [5, 5.41) is 23.4. The lowest BCUT2D eigenvalue weighted by Gasteiger charge is -2.21. The molecule has 0 saturated heterocycles. The number of hydrogen-bond donors (Lipinski definition) is 3. The third-order valence-corrected chi connectivity index (χ3v) is 7.90. The lowest BCUT2D eigenvalue weighted by molar-refractivity contribution is 0.0886. The third kappa shape index (κ3) is 3.10. The summed E-state index contributed by atoms with van der Waals surface area (Å²) < 4.78 is 0. The van der Waals surface area contributed by atoms with Crippen molar-refractivity contribution in [1.82, 2.24) is 4.98 Å². The Balaban J connectivity index is 1.57. The summed E-state index contributed by atoms with van der Waals surface area (Å²) in [6.45, 7) is 6.27. The van der Waals surface area contributed by atoms with Crippen LogP contribution in [0.1, 0.15) is 75.4 Å². The lowest BCUT2D eigenvalue weighted by atomic mass is 9.86. The number of aromatic nitrogens is 1. The highest BCUT2D eigenvalue weighted by atomic mass is 16.3. The van der Waals surface area contributed by atoms with Crippen molar-refractivity contribution in [2.45, 2.75) is 37.9 Å². The van der Waals surface area contributed by atoms with Crippen molar-refractivity contribution < 1.29 is 19.8 Å². The van der Waals surface area contributed by atoms with E-state index in [0.717, 1.165) is 29.6 Å². The molecule has 5 heteroatoms. The molecule has 0 radical (unpaired) electrons. The van der Waals surface area contributed by atoms with Crippen LogP contribution in [0, 0.1) is 5.92 Å². The quantitative estimate of drug-likeness (QED) is 0.329. The number of aromatic amines is 1. The molecule has 1 aromatic heterocycles. The molecule has 3 atom stereocenters. The fourth-order valence-corrected chi connectivity index (χ4v) is 6.07. The van der Waals surface area contributed by atoms with Crippen LogP contribution in [0.4, 0.5) is 0 Å². The zero-order valence-corrected chi connectivity index (χ0v) is 20.0. The second kappa shape index (κ2) is 8.40. The van der Waals surface area contributed by atoms with Crippen LogP contribution in [0.2, 0.25) is 0 Å². The number of ketones is 2. The van der Waals surface area contributed by atoms with Gasteiger partial charge in [-0.3, -0.25) is 9.59 Å². The second-order valence-corrected chi connectivity index (χ2v) is 9.73. The number of hydrogen-bond acceptors (Lipinski definition) is 4. The first kappa shape index (κ1) is 22.7. The summed E-state index contributed by atoms with van der Waals surface area (Å²) in [6, 6.07) is 16.3. The van der Waals surface area contributed by atoms with Crippen molar-refractivity contribution in [1.29, 1.82) is 0 Å². The van der Waals surface area contributed by atoms with Crippen molar-refractivity contribution in [3.8, 4) is 11.3 Å². The molecule has 180 valence electrons. The molecule has 0 saturated carbocycles. The van der Waals surface area contributed by atoms with Crippen molar-refractivity contribution in [2.75, 3.05) is 0 Å². The van der Waals surface area contributed by atoms with Crippen LogP contribution in [0.3, 0.4) is 0 Å². The zero-order chi connectivity index (χ0) is 25.1. The van der Waals surface area contributed by atoms with Gasteiger partial charge >= 0.3 is 0 Å². The highest BCUT2D eigenvalue weighted by molar-refractivity contribution is 6.29. The number of H-pyrrole nitrogens is 1. The van der Waals surface area contributed by atoms with Crippen LogP contribution in [-0.4, -0.2) is 26.8 Å². The molecule has 0 amide bonds. The van der Waals surface area contributed by atoms with Crippen molar-refractivity contribution in [3.05, 3.63) is 118 Å². The minimum atomic E-state index is -1.15. The number of aliphatic hydroxyl groups is 2. The molecule has 2 aromatic carbocycles. The van der Waals surface area contributed by atoms with E-state index in [4.69, 9.17) is 0 Å². The third-order valence-electron chi connectivity index (χ3n) is 7.90. The molecule has 6 rings (SSSR count). The van der Waals surface area contributed by atoms with Gasteiger partial charge in [-0.25, -0.2) is 0 Å². The predicted octanol–water partition coefficient (Wildman–Crippen LogP) is 5.76. The molecule has 5 nitrogen and oxygen atoms in total. The molecule has 3 aliphatic carbocycles. The van der Waals surface area contributed by atoms with Crippen LogP contribution in [0.15, 0.2) is 90.0 Å². The van der Waals surface area contributed by atoms with Crippen LogP contribution < -0.4 is 0 Å². The second-order valence-electron chi connectivity index (χ2n) is 9.73. The minimum Gasteiger partial charge on any atom is -0.384 e. The first-order chi connectivity index (χ1) is 17.4. The SMILES string of the molecule is C=C(CC)C1CC=CC1=C1C(O)c2c(-c3ccccc3)[nH]c(C3C(=O)c4ccccc4C3=O)c2C1O. The van der Waals surface area contributed by atoms with Gasteiger partial charge in [0.2, 0.25) is 0 Å². The number of carbonyl (C=O) groups is 2. The fraction of sp³-hybridized carbons (Fsp3) is 0.226. The van der Waals surface area contributed by atoms with E-state index in [0.29, 0.717) is 39.2 Å². The van der Waals surface area contributed by atoms with E-state index in [-0.39, 0.29) is 17.5 Å². The molecule has 3 aromatic rings. The highest BCUT2D eigenvalue weighted by Gasteiger charge is 2.48. The van der Waals surface area contributed by atoms with Gasteiger partial charge in [-0.1, -0.05) is 85.8 Å². The number of nitrogens with one attached hydrogen (secondary N) is 1. The fourth-order valence-electron chi connectivity index (χ4n) is 6.07. The molecule has 0 spiro atoms. The number of aliphatic hydroxyl groups excluding tert-OH is 2. The highest BCUT2D eigenvalue weighted by Crippen LogP contribution is 2.55. The molecule has 3 N–H and O–H groups in total. The number of Topliss-reactive ketones (excluding diaryl/α,β-unsaturated/α-hetero) is 2. The Morgan fingerprint density at radius 1 is 0.944 bits per heavy atom. The van der Waals surface area contributed by atoms with Gasteiger partial charge in [0.1, 0.15) is 18.1 Å². The molecule has 0 aliphatic heterocycles. The molecule has 1 heterocycles. The standard InChI is InChI=1S/C31H27NO4/c1-3-16(2)18-14-9-15-19(18)22-30(35)23-24(31(22)36)27(32-26(23)17-10-5-4-6-11-17)25-28(33)20-12-7-8-13-21(20)29(25)34/h4-13,15,18,25,30-32,35-36H,2-3,14H2,1H3. The molecule has 3 aliphatic rings. The molecule has 0 bridgehead atoms. The van der Waals surface area contributed by atoms with E-state index in [1.807, 2.05) is 42.5 Å². The van der Waals surface area contributed by atoms with E-state index >= 15 is 0 Å². The summed E-state index contributed by atoms with van der Waals surface area (Å²) >= 11 is 0. The number of allylic oxidation sites excluding steroid dienone is 4. The average Bonchev–Trinajstić information content (AvgIpc) is 3.64. The largest absolute Gasteiger partial charge is 0.384 e. The molecule has 0 fully saturated rings. The summed E-state index contributed by atoms with van der Waals surface area (Å²) in [6.07, 6.45) is 3.36. The van der Waals surface area contributed by atoms with E-state index in [2.05, 4.69) is 18.5 Å². The maximum absolute atomic E-state index is 13.4. The van der Waals surface area contributed by atoms with Crippen LogP contribution in [0.25, 0.3) is 11.3 Å². The zero-order valence-electron chi connectivity index (χ0n) is 20.0.